The number of carbonyl (C=O) groups is 1. The molecule has 2 heterocycles. The van der Waals surface area contributed by atoms with Crippen molar-refractivity contribution < 1.29 is 9.53 Å². The number of hydrogen-bond donors (Lipinski definition) is 1. The maximum atomic E-state index is 12.9. The zero-order valence-electron chi connectivity index (χ0n) is 12.2. The standard InChI is InChI=1S/C17H16N2O2S/c1-21-12-9-13-15-14(10-12)22-16(11-5-3-2-4-6-11)17(20)19(15)8-7-18-13/h2-6,9-10,16,18H,7-8H2,1H3. The van der Waals surface area contributed by atoms with Crippen molar-refractivity contribution in [1.82, 2.24) is 0 Å². The van der Waals surface area contributed by atoms with E-state index >= 15 is 0 Å². The topological polar surface area (TPSA) is 41.6 Å². The summed E-state index contributed by atoms with van der Waals surface area (Å²) in [7, 11) is 1.67. The molecule has 0 saturated heterocycles. The molecule has 4 nitrogen and oxygen atoms in total. The minimum atomic E-state index is -0.188. The molecule has 0 aliphatic carbocycles. The number of nitrogens with zero attached hydrogens (tertiary/aromatic N) is 1. The van der Waals surface area contributed by atoms with E-state index in [1.165, 1.54) is 0 Å². The van der Waals surface area contributed by atoms with Gasteiger partial charge in [-0.2, -0.15) is 0 Å². The van der Waals surface area contributed by atoms with Crippen molar-refractivity contribution >= 4 is 29.0 Å². The van der Waals surface area contributed by atoms with Gasteiger partial charge in [-0.1, -0.05) is 30.3 Å². The van der Waals surface area contributed by atoms with Gasteiger partial charge in [0.05, 0.1) is 18.5 Å². The summed E-state index contributed by atoms with van der Waals surface area (Å²) in [5.74, 6) is 0.980. The van der Waals surface area contributed by atoms with Crippen LogP contribution < -0.4 is 15.0 Å². The van der Waals surface area contributed by atoms with Crippen molar-refractivity contribution in [3.05, 3.63) is 48.0 Å². The zero-order chi connectivity index (χ0) is 15.1. The van der Waals surface area contributed by atoms with Gasteiger partial charge in [-0.15, -0.1) is 11.8 Å². The van der Waals surface area contributed by atoms with Crippen molar-refractivity contribution in [1.29, 1.82) is 0 Å². The number of thioether (sulfide) groups is 1. The van der Waals surface area contributed by atoms with E-state index in [4.69, 9.17) is 4.74 Å². The molecule has 0 fully saturated rings. The maximum Gasteiger partial charge on any atom is 0.245 e. The van der Waals surface area contributed by atoms with Crippen molar-refractivity contribution in [3.8, 4) is 5.75 Å². The first-order valence-corrected chi connectivity index (χ1v) is 8.15. The molecule has 2 aliphatic heterocycles. The van der Waals surface area contributed by atoms with E-state index in [0.29, 0.717) is 6.54 Å². The first-order valence-electron chi connectivity index (χ1n) is 7.27. The fourth-order valence-corrected chi connectivity index (χ4v) is 4.29. The highest BCUT2D eigenvalue weighted by molar-refractivity contribution is 8.00. The van der Waals surface area contributed by atoms with E-state index in [1.54, 1.807) is 18.9 Å². The number of hydrogen-bond acceptors (Lipinski definition) is 4. The SMILES string of the molecule is COc1cc2c3c(c1)SC(c1ccccc1)C(=O)N3CCN2. The van der Waals surface area contributed by atoms with Crippen molar-refractivity contribution in [3.63, 3.8) is 0 Å². The first-order chi connectivity index (χ1) is 10.8. The Morgan fingerprint density at radius 1 is 1.27 bits per heavy atom. The molecule has 5 heteroatoms. The predicted molar refractivity (Wildman–Crippen MR) is 88.9 cm³/mol. The van der Waals surface area contributed by atoms with Crippen LogP contribution in [0.4, 0.5) is 11.4 Å². The Morgan fingerprint density at radius 3 is 2.86 bits per heavy atom. The fraction of sp³-hybridized carbons (Fsp3) is 0.235. The Balaban J connectivity index is 1.84. The lowest BCUT2D eigenvalue weighted by atomic mass is 10.1. The summed E-state index contributed by atoms with van der Waals surface area (Å²) >= 11 is 1.60. The summed E-state index contributed by atoms with van der Waals surface area (Å²) in [5.41, 5.74) is 3.02. The predicted octanol–water partition coefficient (Wildman–Crippen LogP) is 3.30. The molecule has 0 aromatic heterocycles. The van der Waals surface area contributed by atoms with Gasteiger partial charge in [-0.3, -0.25) is 4.79 Å². The van der Waals surface area contributed by atoms with E-state index in [1.807, 2.05) is 47.4 Å². The molecule has 2 aromatic carbocycles. The zero-order valence-corrected chi connectivity index (χ0v) is 13.0. The van der Waals surface area contributed by atoms with Crippen LogP contribution in [0.25, 0.3) is 0 Å². The molecular weight excluding hydrogens is 296 g/mol. The van der Waals surface area contributed by atoms with Gasteiger partial charge < -0.3 is 15.0 Å². The third-order valence-corrected chi connectivity index (χ3v) is 5.32. The molecule has 1 atom stereocenters. The molecule has 1 unspecified atom stereocenters. The van der Waals surface area contributed by atoms with E-state index < -0.39 is 0 Å². The second-order valence-corrected chi connectivity index (χ2v) is 6.49. The van der Waals surface area contributed by atoms with E-state index in [2.05, 4.69) is 5.32 Å². The number of anilines is 2. The lowest BCUT2D eigenvalue weighted by Gasteiger charge is -2.38. The minimum Gasteiger partial charge on any atom is -0.497 e. The molecule has 112 valence electrons. The molecule has 1 amide bonds. The van der Waals surface area contributed by atoms with Crippen LogP contribution in [0, 0.1) is 0 Å². The lowest BCUT2D eigenvalue weighted by molar-refractivity contribution is -0.118. The van der Waals surface area contributed by atoms with Gasteiger partial charge in [0, 0.05) is 24.1 Å². The Labute approximate surface area is 133 Å². The van der Waals surface area contributed by atoms with Crippen molar-refractivity contribution in [2.24, 2.45) is 0 Å². The number of ether oxygens (including phenoxy) is 1. The Hall–Kier alpha value is -2.14. The van der Waals surface area contributed by atoms with E-state index in [-0.39, 0.29) is 11.2 Å². The number of benzene rings is 2. The van der Waals surface area contributed by atoms with Gasteiger partial charge in [0.1, 0.15) is 11.0 Å². The normalized spacial score (nSPS) is 19.4. The molecule has 0 radical (unpaired) electrons. The second kappa shape index (κ2) is 5.25. The van der Waals surface area contributed by atoms with Crippen LogP contribution in [-0.2, 0) is 4.79 Å². The molecule has 22 heavy (non-hydrogen) atoms. The summed E-state index contributed by atoms with van der Waals surface area (Å²) in [6, 6.07) is 13.9. The smallest absolute Gasteiger partial charge is 0.245 e. The summed E-state index contributed by atoms with van der Waals surface area (Å²) in [5, 5.41) is 3.18. The summed E-state index contributed by atoms with van der Waals surface area (Å²) in [6.45, 7) is 1.46. The van der Waals surface area contributed by atoms with Gasteiger partial charge in [-0.25, -0.2) is 0 Å². The van der Waals surface area contributed by atoms with E-state index in [9.17, 15) is 4.79 Å². The first kappa shape index (κ1) is 13.5. The number of methoxy groups -OCH3 is 1. The molecule has 4 rings (SSSR count). The molecular formula is C17H16N2O2S. The van der Waals surface area contributed by atoms with Crippen LogP contribution in [0.1, 0.15) is 10.8 Å². The molecule has 1 N–H and O–H groups in total. The quantitative estimate of drug-likeness (QED) is 0.924. The summed E-state index contributed by atoms with van der Waals surface area (Å²) < 4.78 is 5.39. The lowest BCUT2D eigenvalue weighted by Crippen LogP contribution is -2.43. The monoisotopic (exact) mass is 312 g/mol. The maximum absolute atomic E-state index is 12.9. The number of nitrogens with one attached hydrogen (secondary N) is 1. The van der Waals surface area contributed by atoms with Crippen molar-refractivity contribution in [2.45, 2.75) is 10.1 Å². The van der Waals surface area contributed by atoms with Gasteiger partial charge >= 0.3 is 0 Å². The van der Waals surface area contributed by atoms with Crippen LogP contribution in [0.3, 0.4) is 0 Å². The Morgan fingerprint density at radius 2 is 2.09 bits per heavy atom. The minimum absolute atomic E-state index is 0.164. The molecule has 0 saturated carbocycles. The van der Waals surface area contributed by atoms with Crippen LogP contribution >= 0.6 is 11.8 Å². The van der Waals surface area contributed by atoms with Crippen LogP contribution in [0.15, 0.2) is 47.4 Å². The number of carbonyl (C=O) groups excluding carboxylic acids is 1. The highest BCUT2D eigenvalue weighted by Gasteiger charge is 2.37. The molecule has 0 spiro atoms. The number of amides is 1. The van der Waals surface area contributed by atoms with Gasteiger partial charge in [0.25, 0.3) is 0 Å². The summed E-state index contributed by atoms with van der Waals surface area (Å²) in [4.78, 5) is 15.9. The Bertz CT molecular complexity index is 733. The van der Waals surface area contributed by atoms with Crippen LogP contribution in [0.2, 0.25) is 0 Å². The van der Waals surface area contributed by atoms with Crippen LogP contribution in [-0.4, -0.2) is 26.1 Å². The van der Waals surface area contributed by atoms with Crippen LogP contribution in [0.5, 0.6) is 5.75 Å². The van der Waals surface area contributed by atoms with Gasteiger partial charge in [0.2, 0.25) is 5.91 Å². The van der Waals surface area contributed by atoms with Crippen molar-refractivity contribution in [2.75, 3.05) is 30.4 Å². The second-order valence-electron chi connectivity index (χ2n) is 5.35. The highest BCUT2D eigenvalue weighted by atomic mass is 32.2. The van der Waals surface area contributed by atoms with Gasteiger partial charge in [-0.05, 0) is 11.6 Å². The average Bonchev–Trinajstić information content (AvgIpc) is 2.58. The molecule has 2 aromatic rings. The number of rotatable bonds is 2. The third kappa shape index (κ3) is 2.04. The van der Waals surface area contributed by atoms with E-state index in [0.717, 1.165) is 34.1 Å². The average molecular weight is 312 g/mol. The summed E-state index contributed by atoms with van der Waals surface area (Å²) in [6.07, 6.45) is 0. The largest absolute Gasteiger partial charge is 0.497 e. The third-order valence-electron chi connectivity index (χ3n) is 4.04. The highest BCUT2D eigenvalue weighted by Crippen LogP contribution is 2.51. The Kier molecular flexibility index (Phi) is 3.22. The molecule has 0 bridgehead atoms. The molecule has 2 aliphatic rings. The van der Waals surface area contributed by atoms with Gasteiger partial charge in [0.15, 0.2) is 0 Å². The fourth-order valence-electron chi connectivity index (χ4n) is 3.00.